The number of nitrogens with zero attached hydrogens (tertiary/aromatic N) is 1. The molecule has 2 N–H and O–H groups in total. The van der Waals surface area contributed by atoms with Gasteiger partial charge in [-0.1, -0.05) is 42.5 Å². The number of carbonyl (C=O) groups is 2. The predicted molar refractivity (Wildman–Crippen MR) is 92.4 cm³/mol. The number of carboxylic acids is 1. The van der Waals surface area contributed by atoms with Crippen LogP contribution in [-0.4, -0.2) is 16.9 Å². The van der Waals surface area contributed by atoms with Crippen LogP contribution in [0.15, 0.2) is 60.7 Å². The van der Waals surface area contributed by atoms with Crippen LogP contribution in [-0.2, 0) is 10.3 Å². The summed E-state index contributed by atoms with van der Waals surface area (Å²) in [5.41, 5.74) is -0.317. The fraction of sp³-hybridized carbons (Fsp3) is 0.0500. The van der Waals surface area contributed by atoms with Crippen molar-refractivity contribution in [3.63, 3.8) is 0 Å². The molecule has 0 radical (unpaired) electrons. The van der Waals surface area contributed by atoms with Gasteiger partial charge in [-0.15, -0.1) is 0 Å². The van der Waals surface area contributed by atoms with Gasteiger partial charge in [0.2, 0.25) is 11.3 Å². The second-order valence-electron chi connectivity index (χ2n) is 5.91. The molecule has 3 aromatic rings. The maximum absolute atomic E-state index is 13.1. The topological polar surface area (TPSA) is 90.2 Å². The number of nitrogens with one attached hydrogen (secondary N) is 1. The molecular formula is C20H12N2O3. The van der Waals surface area contributed by atoms with Crippen LogP contribution < -0.4 is 5.32 Å². The third-order valence-electron chi connectivity index (χ3n) is 4.59. The monoisotopic (exact) mass is 328 g/mol. The van der Waals surface area contributed by atoms with Crippen molar-refractivity contribution in [3.8, 4) is 6.07 Å². The molecule has 5 heteroatoms. The zero-order chi connectivity index (χ0) is 17.6. The van der Waals surface area contributed by atoms with E-state index in [0.717, 1.165) is 10.8 Å². The molecule has 0 saturated heterocycles. The Kier molecular flexibility index (Phi) is 3.09. The lowest BCUT2D eigenvalue weighted by molar-refractivity contribution is -0.140. The van der Waals surface area contributed by atoms with Crippen LogP contribution in [0, 0.1) is 11.3 Å². The highest BCUT2D eigenvalue weighted by Crippen LogP contribution is 2.43. The van der Waals surface area contributed by atoms with Crippen LogP contribution in [0.2, 0.25) is 0 Å². The van der Waals surface area contributed by atoms with E-state index in [9.17, 15) is 14.7 Å². The third kappa shape index (κ3) is 1.95. The lowest BCUT2D eigenvalue weighted by Crippen LogP contribution is -2.46. The molecule has 1 heterocycles. The van der Waals surface area contributed by atoms with Gasteiger partial charge < -0.3 is 10.4 Å². The number of hydrogen-bond donors (Lipinski definition) is 2. The second kappa shape index (κ2) is 5.18. The van der Waals surface area contributed by atoms with Gasteiger partial charge in [0.1, 0.15) is 0 Å². The van der Waals surface area contributed by atoms with E-state index in [0.29, 0.717) is 22.4 Å². The number of carboxylic acid groups (broad SMARTS) is 1. The van der Waals surface area contributed by atoms with Gasteiger partial charge in [-0.05, 0) is 29.1 Å². The number of fused-ring (bicyclic) bond motifs is 3. The normalized spacial score (nSPS) is 18.4. The summed E-state index contributed by atoms with van der Waals surface area (Å²) in [6.07, 6.45) is 0. The largest absolute Gasteiger partial charge is 0.479 e. The van der Waals surface area contributed by atoms with Crippen molar-refractivity contribution in [1.29, 1.82) is 5.26 Å². The minimum Gasteiger partial charge on any atom is -0.479 e. The highest BCUT2D eigenvalue weighted by molar-refractivity contribution is 6.27. The average molecular weight is 328 g/mol. The molecule has 0 aromatic heterocycles. The number of aliphatic carboxylic acids is 1. The summed E-state index contributed by atoms with van der Waals surface area (Å²) in [5.74, 6) is -1.78. The Labute approximate surface area is 143 Å². The van der Waals surface area contributed by atoms with Gasteiger partial charge in [0.25, 0.3) is 0 Å². The lowest BCUT2D eigenvalue weighted by Gasteiger charge is -2.24. The van der Waals surface area contributed by atoms with Crippen molar-refractivity contribution in [1.82, 2.24) is 0 Å². The van der Waals surface area contributed by atoms with Gasteiger partial charge in [-0.25, -0.2) is 4.79 Å². The quantitative estimate of drug-likeness (QED) is 0.704. The van der Waals surface area contributed by atoms with E-state index in [1.807, 2.05) is 36.4 Å². The van der Waals surface area contributed by atoms with Crippen molar-refractivity contribution in [2.75, 3.05) is 5.32 Å². The number of ketones is 1. The van der Waals surface area contributed by atoms with Gasteiger partial charge in [-0.2, -0.15) is 5.26 Å². The van der Waals surface area contributed by atoms with Crippen LogP contribution in [0.25, 0.3) is 10.8 Å². The Morgan fingerprint density at radius 1 is 1.04 bits per heavy atom. The lowest BCUT2D eigenvalue weighted by atomic mass is 9.85. The first-order chi connectivity index (χ1) is 12.1. The predicted octanol–water partition coefficient (Wildman–Crippen LogP) is 3.30. The smallest absolute Gasteiger partial charge is 0.342 e. The summed E-state index contributed by atoms with van der Waals surface area (Å²) in [5, 5.41) is 23.5. The van der Waals surface area contributed by atoms with E-state index in [4.69, 9.17) is 5.26 Å². The summed E-state index contributed by atoms with van der Waals surface area (Å²) in [6, 6.07) is 19.0. The molecule has 0 spiro atoms. The minimum absolute atomic E-state index is 0.296. The molecule has 0 aliphatic carbocycles. The molecule has 0 amide bonds. The summed E-state index contributed by atoms with van der Waals surface area (Å²) in [4.78, 5) is 25.2. The fourth-order valence-electron chi connectivity index (χ4n) is 3.31. The SMILES string of the molecule is N#Cc1ccc([C@@]2(C(=O)O)Nc3c(ccc4ccccc34)C2=O)cc1. The van der Waals surface area contributed by atoms with Crippen LogP contribution in [0.3, 0.4) is 0 Å². The van der Waals surface area contributed by atoms with Crippen molar-refractivity contribution in [2.24, 2.45) is 0 Å². The van der Waals surface area contributed by atoms with Crippen LogP contribution >= 0.6 is 0 Å². The van der Waals surface area contributed by atoms with E-state index >= 15 is 0 Å². The second-order valence-corrected chi connectivity index (χ2v) is 5.91. The Balaban J connectivity index is 1.95. The Bertz CT molecular complexity index is 1080. The van der Waals surface area contributed by atoms with Crippen LogP contribution in [0.1, 0.15) is 21.5 Å². The van der Waals surface area contributed by atoms with E-state index in [1.165, 1.54) is 24.3 Å². The standard InChI is InChI=1S/C20H12N2O3/c21-11-12-5-8-14(9-6-12)20(19(24)25)18(23)16-10-7-13-3-1-2-4-15(13)17(16)22-20/h1-10,22H,(H,24,25)/t20-/m1/s1. The molecule has 120 valence electrons. The molecule has 0 fully saturated rings. The zero-order valence-corrected chi connectivity index (χ0v) is 13.0. The first-order valence-electron chi connectivity index (χ1n) is 7.66. The summed E-state index contributed by atoms with van der Waals surface area (Å²) in [7, 11) is 0. The van der Waals surface area contributed by atoms with E-state index in [-0.39, 0.29) is 0 Å². The molecule has 1 aliphatic rings. The Morgan fingerprint density at radius 2 is 1.76 bits per heavy atom. The van der Waals surface area contributed by atoms with Gasteiger partial charge in [0.15, 0.2) is 0 Å². The fourth-order valence-corrected chi connectivity index (χ4v) is 3.31. The number of benzene rings is 3. The number of anilines is 1. The Morgan fingerprint density at radius 3 is 2.44 bits per heavy atom. The summed E-state index contributed by atoms with van der Waals surface area (Å²) >= 11 is 0. The van der Waals surface area contributed by atoms with Gasteiger partial charge in [-0.3, -0.25) is 4.79 Å². The molecule has 0 unspecified atom stereocenters. The molecule has 25 heavy (non-hydrogen) atoms. The van der Waals surface area contributed by atoms with Crippen molar-refractivity contribution < 1.29 is 14.7 Å². The minimum atomic E-state index is -1.89. The van der Waals surface area contributed by atoms with Crippen molar-refractivity contribution in [2.45, 2.75) is 5.54 Å². The van der Waals surface area contributed by atoms with E-state index in [2.05, 4.69) is 5.32 Å². The molecule has 1 aliphatic heterocycles. The van der Waals surface area contributed by atoms with Crippen molar-refractivity contribution in [3.05, 3.63) is 77.4 Å². The number of nitriles is 1. The van der Waals surface area contributed by atoms with Crippen molar-refractivity contribution >= 4 is 28.2 Å². The highest BCUT2D eigenvalue weighted by atomic mass is 16.4. The average Bonchev–Trinajstić information content (AvgIpc) is 2.96. The molecule has 3 aromatic carbocycles. The summed E-state index contributed by atoms with van der Waals surface area (Å²) in [6.45, 7) is 0. The third-order valence-corrected chi connectivity index (χ3v) is 4.59. The number of carbonyl (C=O) groups excluding carboxylic acids is 1. The first kappa shape index (κ1) is 14.9. The zero-order valence-electron chi connectivity index (χ0n) is 13.0. The molecule has 5 nitrogen and oxygen atoms in total. The summed E-state index contributed by atoms with van der Waals surface area (Å²) < 4.78 is 0. The van der Waals surface area contributed by atoms with Gasteiger partial charge in [0, 0.05) is 10.9 Å². The maximum atomic E-state index is 13.1. The highest BCUT2D eigenvalue weighted by Gasteiger charge is 2.53. The maximum Gasteiger partial charge on any atom is 0.342 e. The number of hydrogen-bond acceptors (Lipinski definition) is 4. The Hall–Kier alpha value is -3.65. The molecule has 0 bridgehead atoms. The molecular weight excluding hydrogens is 316 g/mol. The van der Waals surface area contributed by atoms with Crippen LogP contribution in [0.4, 0.5) is 5.69 Å². The van der Waals surface area contributed by atoms with Gasteiger partial charge in [0.05, 0.1) is 17.3 Å². The first-order valence-corrected chi connectivity index (χ1v) is 7.66. The molecule has 4 rings (SSSR count). The van der Waals surface area contributed by atoms with E-state index < -0.39 is 17.3 Å². The number of Topliss-reactive ketones (excluding diaryl/α,β-unsaturated/α-hetero) is 1. The van der Waals surface area contributed by atoms with Crippen LogP contribution in [0.5, 0.6) is 0 Å². The molecule has 1 atom stereocenters. The van der Waals surface area contributed by atoms with Gasteiger partial charge >= 0.3 is 5.97 Å². The van der Waals surface area contributed by atoms with E-state index in [1.54, 1.807) is 6.07 Å². The molecule has 0 saturated carbocycles. The number of rotatable bonds is 2.